The van der Waals surface area contributed by atoms with Crippen molar-refractivity contribution in [1.29, 1.82) is 0 Å². The van der Waals surface area contributed by atoms with E-state index in [2.05, 4.69) is 21.7 Å². The van der Waals surface area contributed by atoms with Gasteiger partial charge in [0.15, 0.2) is 0 Å². The van der Waals surface area contributed by atoms with Gasteiger partial charge in [0.2, 0.25) is 5.95 Å². The number of benzene rings is 1. The summed E-state index contributed by atoms with van der Waals surface area (Å²) in [7, 11) is 1.69. The maximum absolute atomic E-state index is 6.57. The van der Waals surface area contributed by atoms with Crippen molar-refractivity contribution >= 4 is 17.5 Å². The molecule has 0 bridgehead atoms. The summed E-state index contributed by atoms with van der Waals surface area (Å²) in [5.41, 5.74) is 1.98. The summed E-state index contributed by atoms with van der Waals surface area (Å²) in [6, 6.07) is 10.3. The van der Waals surface area contributed by atoms with E-state index in [1.165, 1.54) is 0 Å². The molecule has 0 aliphatic carbocycles. The van der Waals surface area contributed by atoms with Crippen molar-refractivity contribution < 1.29 is 4.74 Å². The van der Waals surface area contributed by atoms with Gasteiger partial charge in [-0.3, -0.25) is 0 Å². The highest BCUT2D eigenvalue weighted by atomic mass is 35.5. The lowest BCUT2D eigenvalue weighted by atomic mass is 9.70. The van der Waals surface area contributed by atoms with Crippen LogP contribution >= 0.6 is 11.6 Å². The Morgan fingerprint density at radius 2 is 2.04 bits per heavy atom. The second kappa shape index (κ2) is 8.13. The smallest absolute Gasteiger partial charge is 0.223 e. The maximum Gasteiger partial charge on any atom is 0.223 e. The van der Waals surface area contributed by atoms with Crippen LogP contribution in [0.4, 0.5) is 5.95 Å². The normalized spacial score (nSPS) is 17.9. The van der Waals surface area contributed by atoms with Gasteiger partial charge in [0, 0.05) is 29.8 Å². The SMILES string of the molecule is COCC(C)Nc1nccc(C2(c3ccccc3Cl)CCNCC2)n1. The molecule has 134 valence electrons. The quantitative estimate of drug-likeness (QED) is 0.828. The molecule has 1 fully saturated rings. The van der Waals surface area contributed by atoms with E-state index in [1.54, 1.807) is 7.11 Å². The number of piperidine rings is 1. The Bertz CT molecular complexity index is 703. The lowest BCUT2D eigenvalue weighted by molar-refractivity contribution is 0.190. The van der Waals surface area contributed by atoms with Gasteiger partial charge in [-0.25, -0.2) is 9.97 Å². The number of rotatable bonds is 6. The van der Waals surface area contributed by atoms with E-state index < -0.39 is 0 Å². The van der Waals surface area contributed by atoms with Gasteiger partial charge in [-0.15, -0.1) is 0 Å². The van der Waals surface area contributed by atoms with E-state index in [4.69, 9.17) is 21.3 Å². The molecular weight excluding hydrogens is 336 g/mol. The van der Waals surface area contributed by atoms with Gasteiger partial charge in [-0.1, -0.05) is 29.8 Å². The molecule has 0 spiro atoms. The summed E-state index contributed by atoms with van der Waals surface area (Å²) < 4.78 is 5.18. The molecule has 1 aromatic heterocycles. The molecule has 0 amide bonds. The number of halogens is 1. The van der Waals surface area contributed by atoms with Gasteiger partial charge in [-0.05, 0) is 50.6 Å². The van der Waals surface area contributed by atoms with Crippen molar-refractivity contribution in [1.82, 2.24) is 15.3 Å². The molecule has 1 unspecified atom stereocenters. The minimum absolute atomic E-state index is 0.143. The standard InChI is InChI=1S/C19H25ClN4O/c1-14(13-25-2)23-18-22-10-7-17(24-18)19(8-11-21-12-9-19)15-5-3-4-6-16(15)20/h3-7,10,14,21H,8-9,11-13H2,1-2H3,(H,22,23,24). The maximum atomic E-state index is 6.57. The van der Waals surface area contributed by atoms with Crippen LogP contribution in [0.5, 0.6) is 0 Å². The van der Waals surface area contributed by atoms with Gasteiger partial charge >= 0.3 is 0 Å². The number of nitrogens with zero attached hydrogens (tertiary/aromatic N) is 2. The Morgan fingerprint density at radius 1 is 1.28 bits per heavy atom. The molecule has 1 aromatic carbocycles. The first kappa shape index (κ1) is 18.1. The molecule has 25 heavy (non-hydrogen) atoms. The highest BCUT2D eigenvalue weighted by Gasteiger charge is 2.38. The van der Waals surface area contributed by atoms with E-state index in [0.29, 0.717) is 12.6 Å². The third-order valence-corrected chi connectivity index (χ3v) is 5.11. The topological polar surface area (TPSA) is 59.1 Å². The van der Waals surface area contributed by atoms with Crippen molar-refractivity contribution in [2.45, 2.75) is 31.2 Å². The Hall–Kier alpha value is -1.69. The van der Waals surface area contributed by atoms with Gasteiger partial charge in [0.25, 0.3) is 0 Å². The first-order valence-corrected chi connectivity index (χ1v) is 9.08. The minimum atomic E-state index is -0.187. The number of hydrogen-bond donors (Lipinski definition) is 2. The molecule has 1 aliphatic rings. The molecule has 1 atom stereocenters. The summed E-state index contributed by atoms with van der Waals surface area (Å²) in [4.78, 5) is 9.22. The van der Waals surface area contributed by atoms with Gasteiger partial charge in [0.05, 0.1) is 12.3 Å². The van der Waals surface area contributed by atoms with E-state index in [9.17, 15) is 0 Å². The monoisotopic (exact) mass is 360 g/mol. The molecular formula is C19H25ClN4O. The Kier molecular flexibility index (Phi) is 5.89. The van der Waals surface area contributed by atoms with Crippen molar-refractivity contribution in [2.75, 3.05) is 32.1 Å². The third kappa shape index (κ3) is 3.94. The largest absolute Gasteiger partial charge is 0.383 e. The zero-order valence-corrected chi connectivity index (χ0v) is 15.5. The molecule has 6 heteroatoms. The van der Waals surface area contributed by atoms with E-state index in [-0.39, 0.29) is 11.5 Å². The first-order chi connectivity index (χ1) is 12.2. The van der Waals surface area contributed by atoms with Crippen molar-refractivity contribution in [3.63, 3.8) is 0 Å². The molecule has 3 rings (SSSR count). The highest BCUT2D eigenvalue weighted by Crippen LogP contribution is 2.42. The average Bonchev–Trinajstić information content (AvgIpc) is 2.63. The van der Waals surface area contributed by atoms with Crippen molar-refractivity contribution in [3.05, 3.63) is 52.8 Å². The summed E-state index contributed by atoms with van der Waals surface area (Å²) in [5, 5.41) is 7.55. The van der Waals surface area contributed by atoms with Crippen LogP contribution in [0.1, 0.15) is 31.0 Å². The summed E-state index contributed by atoms with van der Waals surface area (Å²) in [6.45, 7) is 4.54. The van der Waals surface area contributed by atoms with Crippen LogP contribution in [0.2, 0.25) is 5.02 Å². The minimum Gasteiger partial charge on any atom is -0.383 e. The van der Waals surface area contributed by atoms with Crippen LogP contribution in [0.25, 0.3) is 0 Å². The number of ether oxygens (including phenoxy) is 1. The lowest BCUT2D eigenvalue weighted by Crippen LogP contribution is -2.41. The molecule has 0 saturated carbocycles. The Labute approximate surface area is 154 Å². The van der Waals surface area contributed by atoms with Crippen LogP contribution in [-0.2, 0) is 10.2 Å². The molecule has 0 radical (unpaired) electrons. The van der Waals surface area contributed by atoms with Crippen LogP contribution in [0, 0.1) is 0 Å². The molecule has 1 aliphatic heterocycles. The van der Waals surface area contributed by atoms with Crippen molar-refractivity contribution in [2.24, 2.45) is 0 Å². The van der Waals surface area contributed by atoms with Gasteiger partial charge in [-0.2, -0.15) is 0 Å². The fourth-order valence-corrected chi connectivity index (χ4v) is 3.89. The average molecular weight is 361 g/mol. The molecule has 2 N–H and O–H groups in total. The Balaban J connectivity index is 1.99. The second-order valence-corrected chi connectivity index (χ2v) is 6.99. The first-order valence-electron chi connectivity index (χ1n) is 8.70. The number of methoxy groups -OCH3 is 1. The zero-order valence-electron chi connectivity index (χ0n) is 14.8. The van der Waals surface area contributed by atoms with Crippen molar-refractivity contribution in [3.8, 4) is 0 Å². The predicted molar refractivity (Wildman–Crippen MR) is 101 cm³/mol. The van der Waals surface area contributed by atoms with Crippen LogP contribution in [0.15, 0.2) is 36.5 Å². The van der Waals surface area contributed by atoms with E-state index in [1.807, 2.05) is 37.4 Å². The van der Waals surface area contributed by atoms with Crippen LogP contribution < -0.4 is 10.6 Å². The van der Waals surface area contributed by atoms with E-state index in [0.717, 1.165) is 42.2 Å². The molecule has 5 nitrogen and oxygen atoms in total. The fourth-order valence-electron chi connectivity index (χ4n) is 3.57. The summed E-state index contributed by atoms with van der Waals surface area (Å²) in [6.07, 6.45) is 3.74. The van der Waals surface area contributed by atoms with E-state index >= 15 is 0 Å². The fraction of sp³-hybridized carbons (Fsp3) is 0.474. The molecule has 1 saturated heterocycles. The third-order valence-electron chi connectivity index (χ3n) is 4.78. The number of anilines is 1. The summed E-state index contributed by atoms with van der Waals surface area (Å²) in [5.74, 6) is 0.631. The highest BCUT2D eigenvalue weighted by molar-refractivity contribution is 6.31. The zero-order chi connectivity index (χ0) is 17.7. The van der Waals surface area contributed by atoms with Crippen LogP contribution in [0.3, 0.4) is 0 Å². The number of aromatic nitrogens is 2. The van der Waals surface area contributed by atoms with Crippen LogP contribution in [-0.4, -0.2) is 42.8 Å². The molecule has 2 aromatic rings. The summed E-state index contributed by atoms with van der Waals surface area (Å²) >= 11 is 6.57. The number of hydrogen-bond acceptors (Lipinski definition) is 5. The van der Waals surface area contributed by atoms with Gasteiger partial charge < -0.3 is 15.4 Å². The second-order valence-electron chi connectivity index (χ2n) is 6.58. The molecule has 2 heterocycles. The lowest BCUT2D eigenvalue weighted by Gasteiger charge is -2.38. The Morgan fingerprint density at radius 3 is 2.76 bits per heavy atom. The number of nitrogens with one attached hydrogen (secondary N) is 2. The predicted octanol–water partition coefficient (Wildman–Crippen LogP) is 3.25. The van der Waals surface area contributed by atoms with Gasteiger partial charge in [0.1, 0.15) is 0 Å².